The first kappa shape index (κ1) is 30.8. The number of hydrogen-bond acceptors (Lipinski definition) is 2. The van der Waals surface area contributed by atoms with Gasteiger partial charge in [-0.2, -0.15) is 0 Å². The van der Waals surface area contributed by atoms with Crippen molar-refractivity contribution < 1.29 is 8.78 Å². The van der Waals surface area contributed by atoms with Crippen molar-refractivity contribution in [3.63, 3.8) is 0 Å². The van der Waals surface area contributed by atoms with Gasteiger partial charge in [-0.15, -0.1) is 0 Å². The predicted molar refractivity (Wildman–Crippen MR) is 213 cm³/mol. The minimum Gasteiger partial charge on any atom is -0.278 e. The van der Waals surface area contributed by atoms with Gasteiger partial charge in [0.2, 0.25) is 5.95 Å². The molecule has 0 unspecified atom stereocenters. The van der Waals surface area contributed by atoms with Crippen LogP contribution in [0.3, 0.4) is 0 Å². The Kier molecular flexibility index (Phi) is 7.18. The highest BCUT2D eigenvalue weighted by Gasteiger charge is 2.18. The molecule has 0 aliphatic heterocycles. The van der Waals surface area contributed by atoms with Crippen molar-refractivity contribution in [2.45, 2.75) is 0 Å². The van der Waals surface area contributed by atoms with Crippen LogP contribution in [0.25, 0.3) is 94.1 Å². The summed E-state index contributed by atoms with van der Waals surface area (Å²) in [5.41, 5.74) is 10.3. The number of para-hydroxylation sites is 3. The summed E-state index contributed by atoms with van der Waals surface area (Å²) in [4.78, 5) is 10.4. The molecule has 10 rings (SSSR count). The van der Waals surface area contributed by atoms with Crippen LogP contribution in [0.1, 0.15) is 0 Å². The highest BCUT2D eigenvalue weighted by Crippen LogP contribution is 2.39. The maximum Gasteiger partial charge on any atom is 0.235 e. The van der Waals surface area contributed by atoms with Crippen LogP contribution in [0.5, 0.6) is 0 Å². The van der Waals surface area contributed by atoms with Crippen LogP contribution >= 0.6 is 0 Å². The summed E-state index contributed by atoms with van der Waals surface area (Å²) in [6.45, 7) is 0. The Hall–Kier alpha value is -6.98. The molecule has 53 heavy (non-hydrogen) atoms. The zero-order chi connectivity index (χ0) is 35.5. The first-order chi connectivity index (χ1) is 26.1. The first-order valence-corrected chi connectivity index (χ1v) is 17.5. The van der Waals surface area contributed by atoms with Gasteiger partial charge in [0.25, 0.3) is 0 Å². The second-order valence-electron chi connectivity index (χ2n) is 13.3. The Bertz CT molecular complexity index is 2960. The number of fused-ring (bicyclic) bond motifs is 5. The predicted octanol–water partition coefficient (Wildman–Crippen LogP) is 12.8. The lowest BCUT2D eigenvalue weighted by molar-refractivity contribution is 0.584. The SMILES string of the molecule is Fc1cc(F)cc(-c2ccc(-c3cccc4cccc(-c5cccc(-c6nc(-n7c8ccccc8c8ccccc87)nc7ccccc67)c5)c34)cc2)c1. The van der Waals surface area contributed by atoms with Crippen molar-refractivity contribution in [2.75, 3.05) is 0 Å². The van der Waals surface area contributed by atoms with E-state index in [2.05, 4.69) is 126 Å². The van der Waals surface area contributed by atoms with Crippen molar-refractivity contribution in [1.29, 1.82) is 0 Å². The third-order valence-corrected chi connectivity index (χ3v) is 10.1. The van der Waals surface area contributed by atoms with E-state index in [1.54, 1.807) is 0 Å². The number of aromatic nitrogens is 3. The molecule has 0 N–H and O–H groups in total. The molecule has 5 heteroatoms. The highest BCUT2D eigenvalue weighted by molar-refractivity contribution is 6.09. The standard InChI is InChI=1S/C48H29F2N3/c49-36-27-35(28-37(50)29-36)30-22-24-31(25-23-30)38-17-8-10-32-11-9-18-39(46(32)38)33-12-7-13-34(26-33)47-42-16-1-4-19-43(42)51-48(52-47)53-44-20-5-2-14-40(44)41-15-3-6-21-45(41)53/h1-29H. The monoisotopic (exact) mass is 685 g/mol. The van der Waals surface area contributed by atoms with Gasteiger partial charge in [-0.3, -0.25) is 4.57 Å². The second kappa shape index (κ2) is 12.4. The minimum absolute atomic E-state index is 0.503. The van der Waals surface area contributed by atoms with E-state index in [4.69, 9.17) is 9.97 Å². The topological polar surface area (TPSA) is 30.7 Å². The van der Waals surface area contributed by atoms with Crippen LogP contribution in [-0.4, -0.2) is 14.5 Å². The van der Waals surface area contributed by atoms with Crippen molar-refractivity contribution in [3.8, 4) is 50.6 Å². The van der Waals surface area contributed by atoms with Crippen molar-refractivity contribution in [1.82, 2.24) is 14.5 Å². The van der Waals surface area contributed by atoms with E-state index in [1.807, 2.05) is 36.4 Å². The van der Waals surface area contributed by atoms with E-state index in [0.29, 0.717) is 11.5 Å². The third-order valence-electron chi connectivity index (χ3n) is 10.1. The van der Waals surface area contributed by atoms with Gasteiger partial charge in [0.15, 0.2) is 0 Å². The van der Waals surface area contributed by atoms with Gasteiger partial charge in [-0.05, 0) is 80.6 Å². The van der Waals surface area contributed by atoms with Crippen molar-refractivity contribution in [3.05, 3.63) is 188 Å². The number of benzene rings is 8. The molecule has 8 aromatic carbocycles. The quantitative estimate of drug-likeness (QED) is 0.181. The molecule has 0 saturated heterocycles. The Morgan fingerprint density at radius 2 is 0.962 bits per heavy atom. The Morgan fingerprint density at radius 1 is 0.396 bits per heavy atom. The molecule has 0 aliphatic rings. The molecule has 2 aromatic heterocycles. The lowest BCUT2D eigenvalue weighted by atomic mass is 9.90. The zero-order valence-corrected chi connectivity index (χ0v) is 28.3. The minimum atomic E-state index is -0.595. The van der Waals surface area contributed by atoms with Crippen LogP contribution in [0, 0.1) is 11.6 Å². The van der Waals surface area contributed by atoms with Crippen LogP contribution in [0.4, 0.5) is 8.78 Å². The Morgan fingerprint density at radius 3 is 1.66 bits per heavy atom. The van der Waals surface area contributed by atoms with E-state index in [9.17, 15) is 8.78 Å². The fourth-order valence-electron chi connectivity index (χ4n) is 7.74. The van der Waals surface area contributed by atoms with Gasteiger partial charge < -0.3 is 0 Å². The van der Waals surface area contributed by atoms with Gasteiger partial charge in [0, 0.05) is 27.8 Å². The van der Waals surface area contributed by atoms with E-state index >= 15 is 0 Å². The molecule has 250 valence electrons. The molecule has 3 nitrogen and oxygen atoms in total. The Labute approximate surface area is 304 Å². The molecule has 0 spiro atoms. The lowest BCUT2D eigenvalue weighted by Crippen LogP contribution is -2.03. The van der Waals surface area contributed by atoms with E-state index < -0.39 is 11.6 Å². The summed E-state index contributed by atoms with van der Waals surface area (Å²) in [5.74, 6) is -0.566. The first-order valence-electron chi connectivity index (χ1n) is 17.5. The molecule has 0 aliphatic carbocycles. The number of nitrogens with zero attached hydrogens (tertiary/aromatic N) is 3. The normalized spacial score (nSPS) is 11.6. The van der Waals surface area contributed by atoms with Gasteiger partial charge in [0.1, 0.15) is 11.6 Å². The van der Waals surface area contributed by atoms with E-state index in [-0.39, 0.29) is 0 Å². The van der Waals surface area contributed by atoms with Crippen LogP contribution in [0.2, 0.25) is 0 Å². The number of hydrogen-bond donors (Lipinski definition) is 0. The largest absolute Gasteiger partial charge is 0.278 e. The smallest absolute Gasteiger partial charge is 0.235 e. The molecule has 0 radical (unpaired) electrons. The molecule has 2 heterocycles. The summed E-state index contributed by atoms with van der Waals surface area (Å²) < 4.78 is 30.2. The number of halogens is 2. The molecule has 0 saturated carbocycles. The van der Waals surface area contributed by atoms with Crippen LogP contribution in [0.15, 0.2) is 176 Å². The summed E-state index contributed by atoms with van der Waals surface area (Å²) in [7, 11) is 0. The van der Waals surface area contributed by atoms with Crippen molar-refractivity contribution in [2.24, 2.45) is 0 Å². The molecule has 0 amide bonds. The van der Waals surface area contributed by atoms with Gasteiger partial charge in [-0.25, -0.2) is 18.7 Å². The molecule has 0 bridgehead atoms. The maximum atomic E-state index is 14.0. The average Bonchev–Trinajstić information content (AvgIpc) is 3.54. The zero-order valence-electron chi connectivity index (χ0n) is 28.3. The summed E-state index contributed by atoms with van der Waals surface area (Å²) in [6.07, 6.45) is 0. The molecule has 10 aromatic rings. The average molecular weight is 686 g/mol. The van der Waals surface area contributed by atoms with Crippen molar-refractivity contribution >= 4 is 43.5 Å². The van der Waals surface area contributed by atoms with Gasteiger partial charge in [-0.1, -0.05) is 133 Å². The third kappa shape index (κ3) is 5.25. The fraction of sp³-hybridized carbons (Fsp3) is 0. The fourth-order valence-corrected chi connectivity index (χ4v) is 7.74. The molecule has 0 atom stereocenters. The molecular weight excluding hydrogens is 657 g/mol. The summed E-state index contributed by atoms with van der Waals surface area (Å²) in [6, 6.07) is 57.8. The summed E-state index contributed by atoms with van der Waals surface area (Å²) >= 11 is 0. The highest BCUT2D eigenvalue weighted by atomic mass is 19.1. The maximum absolute atomic E-state index is 14.0. The molecule has 0 fully saturated rings. The Balaban J connectivity index is 1.13. The summed E-state index contributed by atoms with van der Waals surface area (Å²) in [5, 5.41) is 5.53. The van der Waals surface area contributed by atoms with E-state index in [0.717, 1.165) is 88.6 Å². The van der Waals surface area contributed by atoms with Crippen LogP contribution in [-0.2, 0) is 0 Å². The van der Waals surface area contributed by atoms with E-state index in [1.165, 1.54) is 12.1 Å². The van der Waals surface area contributed by atoms with Gasteiger partial charge in [0.05, 0.1) is 22.2 Å². The second-order valence-corrected chi connectivity index (χ2v) is 13.3. The number of rotatable bonds is 5. The lowest BCUT2D eigenvalue weighted by Gasteiger charge is -2.15. The van der Waals surface area contributed by atoms with Gasteiger partial charge >= 0.3 is 0 Å². The molecular formula is C48H29F2N3. The van der Waals surface area contributed by atoms with Crippen LogP contribution < -0.4 is 0 Å².